The molecule has 1 aromatic rings. The average molecular weight is 240 g/mol. The molecule has 1 heterocycles. The number of hydrogen-bond acceptors (Lipinski definition) is 4. The highest BCUT2D eigenvalue weighted by Gasteiger charge is 2.15. The second-order valence-electron chi connectivity index (χ2n) is 3.58. The molecular formula is C10H12N2O3S. The summed E-state index contributed by atoms with van der Waals surface area (Å²) in [6.07, 6.45) is 0. The summed E-state index contributed by atoms with van der Waals surface area (Å²) in [6, 6.07) is 6.59. The number of nitrogens with one attached hydrogen (secondary N) is 1. The summed E-state index contributed by atoms with van der Waals surface area (Å²) in [5.41, 5.74) is 1.72. The molecule has 6 heteroatoms. The Morgan fingerprint density at radius 1 is 1.25 bits per heavy atom. The molecule has 1 saturated heterocycles. The first-order valence-electron chi connectivity index (χ1n) is 4.79. The van der Waals surface area contributed by atoms with Gasteiger partial charge in [0.1, 0.15) is 0 Å². The van der Waals surface area contributed by atoms with Crippen LogP contribution < -0.4 is 4.83 Å². The molecule has 0 amide bonds. The third-order valence-electron chi connectivity index (χ3n) is 2.19. The van der Waals surface area contributed by atoms with Gasteiger partial charge in [-0.25, -0.2) is 0 Å². The van der Waals surface area contributed by atoms with Gasteiger partial charge in [-0.3, -0.25) is 0 Å². The van der Waals surface area contributed by atoms with Crippen LogP contribution in [0.15, 0.2) is 34.3 Å². The van der Waals surface area contributed by atoms with Crippen LogP contribution in [0.25, 0.3) is 0 Å². The van der Waals surface area contributed by atoms with Gasteiger partial charge < -0.3 is 4.74 Å². The molecule has 0 radical (unpaired) electrons. The topological polar surface area (TPSA) is 67.8 Å². The van der Waals surface area contributed by atoms with E-state index in [0.29, 0.717) is 18.9 Å². The van der Waals surface area contributed by atoms with E-state index in [-0.39, 0.29) is 4.90 Å². The molecule has 0 aromatic heterocycles. The number of benzene rings is 1. The van der Waals surface area contributed by atoms with Crippen molar-refractivity contribution in [1.82, 2.24) is 4.83 Å². The third kappa shape index (κ3) is 2.40. The normalized spacial score (nSPS) is 15.4. The maximum atomic E-state index is 11.7. The molecule has 86 valence electrons. The van der Waals surface area contributed by atoms with Crippen LogP contribution in [-0.4, -0.2) is 27.3 Å². The van der Waals surface area contributed by atoms with Crippen molar-refractivity contribution in [3.63, 3.8) is 0 Å². The van der Waals surface area contributed by atoms with Crippen molar-refractivity contribution in [3.8, 4) is 0 Å². The fraction of sp³-hybridized carbons (Fsp3) is 0.300. The second kappa shape index (κ2) is 4.23. The van der Waals surface area contributed by atoms with Crippen molar-refractivity contribution in [2.75, 3.05) is 13.2 Å². The monoisotopic (exact) mass is 240 g/mol. The molecule has 0 atom stereocenters. The molecule has 16 heavy (non-hydrogen) atoms. The first-order chi connectivity index (χ1) is 7.58. The van der Waals surface area contributed by atoms with Gasteiger partial charge in [-0.2, -0.15) is 18.4 Å². The van der Waals surface area contributed by atoms with E-state index in [4.69, 9.17) is 4.74 Å². The highest BCUT2D eigenvalue weighted by molar-refractivity contribution is 7.89. The van der Waals surface area contributed by atoms with Crippen molar-refractivity contribution >= 4 is 15.7 Å². The van der Waals surface area contributed by atoms with Crippen LogP contribution >= 0.6 is 0 Å². The Morgan fingerprint density at radius 2 is 1.88 bits per heavy atom. The van der Waals surface area contributed by atoms with Crippen molar-refractivity contribution < 1.29 is 13.2 Å². The minimum atomic E-state index is -3.54. The van der Waals surface area contributed by atoms with Gasteiger partial charge in [-0.1, -0.05) is 17.7 Å². The first kappa shape index (κ1) is 11.1. The summed E-state index contributed by atoms with van der Waals surface area (Å²) in [6.45, 7) is 2.70. The van der Waals surface area contributed by atoms with Gasteiger partial charge in [-0.05, 0) is 19.1 Å². The molecule has 1 fully saturated rings. The molecule has 0 aliphatic carbocycles. The van der Waals surface area contributed by atoms with Crippen LogP contribution in [0.5, 0.6) is 0 Å². The summed E-state index contributed by atoms with van der Waals surface area (Å²) in [7, 11) is -3.54. The lowest BCUT2D eigenvalue weighted by molar-refractivity contribution is 0.158. The van der Waals surface area contributed by atoms with Crippen LogP contribution in [0.3, 0.4) is 0 Å². The molecule has 5 nitrogen and oxygen atoms in total. The van der Waals surface area contributed by atoms with Crippen LogP contribution in [0.1, 0.15) is 5.56 Å². The predicted octanol–water partition coefficient (Wildman–Crippen LogP) is 0.660. The number of hydrazone groups is 1. The van der Waals surface area contributed by atoms with Gasteiger partial charge in [0.15, 0.2) is 0 Å². The van der Waals surface area contributed by atoms with E-state index in [9.17, 15) is 8.42 Å². The van der Waals surface area contributed by atoms with E-state index >= 15 is 0 Å². The SMILES string of the molecule is Cc1ccc(S(=O)(=O)NN=C2COC2)cc1. The number of nitrogens with zero attached hydrogens (tertiary/aromatic N) is 1. The van der Waals surface area contributed by atoms with E-state index in [1.54, 1.807) is 24.3 Å². The first-order valence-corrected chi connectivity index (χ1v) is 6.28. The Hall–Kier alpha value is -1.40. The lowest BCUT2D eigenvalue weighted by Crippen LogP contribution is -2.31. The average Bonchev–Trinajstić information content (AvgIpc) is 2.15. The zero-order chi connectivity index (χ0) is 11.6. The van der Waals surface area contributed by atoms with Gasteiger partial charge in [-0.15, -0.1) is 0 Å². The number of sulfonamides is 1. The Labute approximate surface area is 94.2 Å². The number of hydrogen-bond donors (Lipinski definition) is 1. The molecule has 1 aromatic carbocycles. The Balaban J connectivity index is 2.15. The van der Waals surface area contributed by atoms with Crippen LogP contribution in [0, 0.1) is 6.92 Å². The molecule has 0 saturated carbocycles. The van der Waals surface area contributed by atoms with E-state index in [1.807, 2.05) is 6.92 Å². The van der Waals surface area contributed by atoms with Crippen molar-refractivity contribution in [2.24, 2.45) is 5.10 Å². The summed E-state index contributed by atoms with van der Waals surface area (Å²) in [5, 5.41) is 3.75. The number of aryl methyl sites for hydroxylation is 1. The third-order valence-corrected chi connectivity index (χ3v) is 3.42. The second-order valence-corrected chi connectivity index (χ2v) is 5.24. The van der Waals surface area contributed by atoms with Gasteiger partial charge in [0.2, 0.25) is 0 Å². The fourth-order valence-corrected chi connectivity index (χ4v) is 2.00. The van der Waals surface area contributed by atoms with Gasteiger partial charge in [0.05, 0.1) is 23.8 Å². The lowest BCUT2D eigenvalue weighted by atomic mass is 10.2. The van der Waals surface area contributed by atoms with Crippen LogP contribution in [-0.2, 0) is 14.8 Å². The van der Waals surface area contributed by atoms with Crippen LogP contribution in [0.2, 0.25) is 0 Å². The minimum Gasteiger partial charge on any atom is -0.369 e. The summed E-state index contributed by atoms with van der Waals surface area (Å²) >= 11 is 0. The highest BCUT2D eigenvalue weighted by atomic mass is 32.2. The molecule has 1 aliphatic rings. The summed E-state index contributed by atoms with van der Waals surface area (Å²) in [4.78, 5) is 2.39. The number of rotatable bonds is 3. The van der Waals surface area contributed by atoms with Gasteiger partial charge in [0.25, 0.3) is 10.0 Å². The van der Waals surface area contributed by atoms with Crippen LogP contribution in [0.4, 0.5) is 0 Å². The van der Waals surface area contributed by atoms with Gasteiger partial charge >= 0.3 is 0 Å². The fourth-order valence-electron chi connectivity index (χ4n) is 1.15. The maximum absolute atomic E-state index is 11.7. The smallest absolute Gasteiger partial charge is 0.276 e. The molecule has 1 aliphatic heterocycles. The quantitative estimate of drug-likeness (QED) is 0.789. The molecule has 0 unspecified atom stereocenters. The van der Waals surface area contributed by atoms with Crippen molar-refractivity contribution in [3.05, 3.63) is 29.8 Å². The standard InChI is InChI=1S/C10H12N2O3S/c1-8-2-4-10(5-3-8)16(13,14)12-11-9-6-15-7-9/h2-5,12H,6-7H2,1H3. The Bertz CT molecular complexity index is 499. The zero-order valence-corrected chi connectivity index (χ0v) is 9.62. The van der Waals surface area contributed by atoms with E-state index in [2.05, 4.69) is 9.93 Å². The van der Waals surface area contributed by atoms with E-state index in [0.717, 1.165) is 5.56 Å². The highest BCUT2D eigenvalue weighted by Crippen LogP contribution is 2.09. The number of ether oxygens (including phenoxy) is 1. The molecule has 2 rings (SSSR count). The molecular weight excluding hydrogens is 228 g/mol. The molecule has 0 bridgehead atoms. The molecule has 0 spiro atoms. The largest absolute Gasteiger partial charge is 0.369 e. The van der Waals surface area contributed by atoms with E-state index in [1.165, 1.54) is 0 Å². The summed E-state index contributed by atoms with van der Waals surface area (Å²) in [5.74, 6) is 0. The maximum Gasteiger partial charge on any atom is 0.276 e. The van der Waals surface area contributed by atoms with Crippen molar-refractivity contribution in [2.45, 2.75) is 11.8 Å². The Morgan fingerprint density at radius 3 is 2.38 bits per heavy atom. The zero-order valence-electron chi connectivity index (χ0n) is 8.80. The van der Waals surface area contributed by atoms with Crippen molar-refractivity contribution in [1.29, 1.82) is 0 Å². The Kier molecular flexibility index (Phi) is 2.93. The predicted molar refractivity (Wildman–Crippen MR) is 59.8 cm³/mol. The lowest BCUT2D eigenvalue weighted by Gasteiger charge is -2.15. The summed E-state index contributed by atoms with van der Waals surface area (Å²) < 4.78 is 28.3. The minimum absolute atomic E-state index is 0.211. The van der Waals surface area contributed by atoms with E-state index < -0.39 is 10.0 Å². The molecule has 1 N–H and O–H groups in total. The van der Waals surface area contributed by atoms with Gasteiger partial charge in [0, 0.05) is 0 Å².